The van der Waals surface area contributed by atoms with Gasteiger partial charge >= 0.3 is 0 Å². The lowest BCUT2D eigenvalue weighted by molar-refractivity contribution is 0.0997. The quantitative estimate of drug-likeness (QED) is 0.524. The molecule has 0 aromatic heterocycles. The van der Waals surface area contributed by atoms with E-state index >= 15 is 0 Å². The van der Waals surface area contributed by atoms with Crippen LogP contribution in [0.5, 0.6) is 0 Å². The third-order valence-electron chi connectivity index (χ3n) is 4.99. The van der Waals surface area contributed by atoms with Crippen molar-refractivity contribution in [2.45, 2.75) is 25.2 Å². The summed E-state index contributed by atoms with van der Waals surface area (Å²) in [6.07, 6.45) is 3.59. The van der Waals surface area contributed by atoms with Gasteiger partial charge in [0.2, 0.25) is 0 Å². The minimum Gasteiger partial charge on any atom is -0.394 e. The van der Waals surface area contributed by atoms with Crippen LogP contribution in [0.3, 0.4) is 0 Å². The van der Waals surface area contributed by atoms with E-state index in [2.05, 4.69) is 47.2 Å². The summed E-state index contributed by atoms with van der Waals surface area (Å²) in [5.41, 5.74) is 2.39. The van der Waals surface area contributed by atoms with Crippen molar-refractivity contribution in [2.75, 3.05) is 26.3 Å². The molecule has 28 heavy (non-hydrogen) atoms. The molecule has 0 spiro atoms. The van der Waals surface area contributed by atoms with Crippen molar-refractivity contribution >= 4 is 0 Å². The minimum atomic E-state index is -0.116. The molecule has 0 aliphatic carbocycles. The van der Waals surface area contributed by atoms with Crippen LogP contribution in [-0.2, 0) is 13.1 Å². The highest BCUT2D eigenvalue weighted by molar-refractivity contribution is 5.16. The lowest BCUT2D eigenvalue weighted by Gasteiger charge is -2.34. The molecule has 2 rings (SSSR count). The maximum absolute atomic E-state index is 9.79. The third-order valence-corrected chi connectivity index (χ3v) is 4.99. The molecule has 150 valence electrons. The number of hydrogen-bond acceptors (Lipinski definition) is 4. The van der Waals surface area contributed by atoms with Crippen molar-refractivity contribution in [2.24, 2.45) is 0 Å². The summed E-state index contributed by atoms with van der Waals surface area (Å²) in [6.45, 7) is 10.8. The van der Waals surface area contributed by atoms with Gasteiger partial charge in [-0.15, -0.1) is 13.2 Å². The molecule has 4 nitrogen and oxygen atoms in total. The zero-order chi connectivity index (χ0) is 20.2. The molecule has 4 heteroatoms. The van der Waals surface area contributed by atoms with E-state index in [9.17, 15) is 10.2 Å². The van der Waals surface area contributed by atoms with Crippen LogP contribution in [-0.4, -0.2) is 58.4 Å². The second kappa shape index (κ2) is 12.3. The molecule has 0 aliphatic heterocycles. The number of hydrogen-bond donors (Lipinski definition) is 2. The van der Waals surface area contributed by atoms with Crippen LogP contribution in [0.1, 0.15) is 11.1 Å². The van der Waals surface area contributed by atoms with E-state index in [1.807, 2.05) is 36.4 Å². The smallest absolute Gasteiger partial charge is 0.0622 e. The fourth-order valence-corrected chi connectivity index (χ4v) is 3.30. The zero-order valence-electron chi connectivity index (χ0n) is 16.5. The highest BCUT2D eigenvalue weighted by atomic mass is 16.3. The van der Waals surface area contributed by atoms with Gasteiger partial charge in [-0.25, -0.2) is 0 Å². The average molecular weight is 381 g/mol. The fourth-order valence-electron chi connectivity index (χ4n) is 3.30. The van der Waals surface area contributed by atoms with Gasteiger partial charge < -0.3 is 10.2 Å². The van der Waals surface area contributed by atoms with Gasteiger partial charge in [0.1, 0.15) is 0 Å². The normalized spacial score (nSPS) is 13.4. The van der Waals surface area contributed by atoms with E-state index in [1.54, 1.807) is 12.2 Å². The lowest BCUT2D eigenvalue weighted by atomic mass is 10.1. The molecule has 2 aromatic carbocycles. The van der Waals surface area contributed by atoms with Crippen molar-refractivity contribution in [3.8, 4) is 0 Å². The van der Waals surface area contributed by atoms with Crippen LogP contribution < -0.4 is 0 Å². The Bertz CT molecular complexity index is 629. The summed E-state index contributed by atoms with van der Waals surface area (Å²) in [6, 6.07) is 20.2. The lowest BCUT2D eigenvalue weighted by Crippen LogP contribution is -2.44. The largest absolute Gasteiger partial charge is 0.394 e. The predicted octanol–water partition coefficient (Wildman–Crippen LogP) is 3.08. The summed E-state index contributed by atoms with van der Waals surface area (Å²) >= 11 is 0. The van der Waals surface area contributed by atoms with E-state index in [1.165, 1.54) is 11.1 Å². The first-order valence-electron chi connectivity index (χ1n) is 9.74. The van der Waals surface area contributed by atoms with E-state index in [0.717, 1.165) is 26.2 Å². The van der Waals surface area contributed by atoms with Gasteiger partial charge in [0.05, 0.1) is 25.3 Å². The Morgan fingerprint density at radius 2 is 1.04 bits per heavy atom. The molecule has 0 saturated heterocycles. The highest BCUT2D eigenvalue weighted by Crippen LogP contribution is 2.13. The third kappa shape index (κ3) is 6.73. The van der Waals surface area contributed by atoms with Gasteiger partial charge in [-0.1, -0.05) is 72.8 Å². The van der Waals surface area contributed by atoms with E-state index in [0.29, 0.717) is 0 Å². The van der Waals surface area contributed by atoms with Crippen molar-refractivity contribution < 1.29 is 10.2 Å². The second-order valence-corrected chi connectivity index (χ2v) is 6.88. The Morgan fingerprint density at radius 3 is 1.32 bits per heavy atom. The molecule has 0 saturated carbocycles. The first-order valence-corrected chi connectivity index (χ1v) is 9.74. The SMILES string of the molecule is C=CC(CO)N(CCN(Cc1ccccc1)C(C=C)CO)Cc1ccccc1. The summed E-state index contributed by atoms with van der Waals surface area (Å²) < 4.78 is 0. The molecule has 2 N–H and O–H groups in total. The molecular formula is C24H32N2O2. The minimum absolute atomic E-state index is 0.0277. The van der Waals surface area contributed by atoms with Crippen LogP contribution >= 0.6 is 0 Å². The second-order valence-electron chi connectivity index (χ2n) is 6.88. The Labute approximate surface area is 169 Å². The van der Waals surface area contributed by atoms with Gasteiger partial charge in [0.25, 0.3) is 0 Å². The van der Waals surface area contributed by atoms with Crippen LogP contribution in [0.2, 0.25) is 0 Å². The maximum atomic E-state index is 9.79. The van der Waals surface area contributed by atoms with Gasteiger partial charge in [-0.3, -0.25) is 9.80 Å². The Hall–Kier alpha value is -2.24. The monoisotopic (exact) mass is 380 g/mol. The molecule has 0 aliphatic rings. The van der Waals surface area contributed by atoms with E-state index in [-0.39, 0.29) is 25.3 Å². The topological polar surface area (TPSA) is 46.9 Å². The molecule has 2 aromatic rings. The molecule has 2 unspecified atom stereocenters. The summed E-state index contributed by atoms with van der Waals surface area (Å²) in [7, 11) is 0. The van der Waals surface area contributed by atoms with E-state index in [4.69, 9.17) is 0 Å². The van der Waals surface area contributed by atoms with Gasteiger partial charge in [0, 0.05) is 26.2 Å². The number of nitrogens with zero attached hydrogens (tertiary/aromatic N) is 2. The zero-order valence-corrected chi connectivity index (χ0v) is 16.5. The Morgan fingerprint density at radius 1 is 0.679 bits per heavy atom. The van der Waals surface area contributed by atoms with Gasteiger partial charge in [-0.05, 0) is 11.1 Å². The molecule has 0 heterocycles. The molecule has 0 fully saturated rings. The van der Waals surface area contributed by atoms with Gasteiger partial charge in [0.15, 0.2) is 0 Å². The van der Waals surface area contributed by atoms with Crippen LogP contribution in [0, 0.1) is 0 Å². The molecule has 0 radical (unpaired) electrons. The Kier molecular flexibility index (Phi) is 9.66. The standard InChI is InChI=1S/C24H32N2O2/c1-3-23(19-27)25(17-21-11-7-5-8-12-21)15-16-26(24(4-2)20-28)18-22-13-9-6-10-14-22/h3-14,23-24,27-28H,1-2,15-20H2. The number of rotatable bonds is 13. The number of aliphatic hydroxyl groups is 2. The van der Waals surface area contributed by atoms with E-state index < -0.39 is 0 Å². The van der Waals surface area contributed by atoms with Crippen molar-refractivity contribution in [3.63, 3.8) is 0 Å². The highest BCUT2D eigenvalue weighted by Gasteiger charge is 2.20. The summed E-state index contributed by atoms with van der Waals surface area (Å²) in [5, 5.41) is 19.6. The van der Waals surface area contributed by atoms with Crippen LogP contribution in [0.25, 0.3) is 0 Å². The molecule has 0 bridgehead atoms. The van der Waals surface area contributed by atoms with Crippen molar-refractivity contribution in [1.82, 2.24) is 9.80 Å². The van der Waals surface area contributed by atoms with Crippen molar-refractivity contribution in [3.05, 3.63) is 97.1 Å². The summed E-state index contributed by atoms with van der Waals surface area (Å²) in [5.74, 6) is 0. The summed E-state index contributed by atoms with van der Waals surface area (Å²) in [4.78, 5) is 4.44. The Balaban J connectivity index is 2.12. The number of aliphatic hydroxyl groups excluding tert-OH is 2. The molecule has 0 amide bonds. The molecule has 2 atom stereocenters. The predicted molar refractivity (Wildman–Crippen MR) is 116 cm³/mol. The van der Waals surface area contributed by atoms with Crippen LogP contribution in [0.15, 0.2) is 86.0 Å². The van der Waals surface area contributed by atoms with Gasteiger partial charge in [-0.2, -0.15) is 0 Å². The molecular weight excluding hydrogens is 348 g/mol. The number of benzene rings is 2. The fraction of sp³-hybridized carbons (Fsp3) is 0.333. The first kappa shape index (κ1) is 22.1. The average Bonchev–Trinajstić information content (AvgIpc) is 2.74. The van der Waals surface area contributed by atoms with Crippen molar-refractivity contribution in [1.29, 1.82) is 0 Å². The van der Waals surface area contributed by atoms with Crippen LogP contribution in [0.4, 0.5) is 0 Å². The first-order chi connectivity index (χ1) is 13.7. The maximum Gasteiger partial charge on any atom is 0.0622 e.